The minimum absolute atomic E-state index is 0.204. The number of rotatable bonds is 5. The molecule has 1 aliphatic rings. The number of pyridine rings is 1. The van der Waals surface area contributed by atoms with Crippen molar-refractivity contribution in [2.45, 2.75) is 38.1 Å². The van der Waals surface area contributed by atoms with Crippen LogP contribution in [-0.4, -0.2) is 33.5 Å². The molecule has 0 radical (unpaired) electrons. The molecule has 26 heavy (non-hydrogen) atoms. The number of hydrogen-bond donors (Lipinski definition) is 1. The van der Waals surface area contributed by atoms with Gasteiger partial charge in [-0.15, -0.1) is 11.3 Å². The number of halogens is 1. The number of hydrogen-bond acceptors (Lipinski definition) is 6. The van der Waals surface area contributed by atoms with Gasteiger partial charge in [0, 0.05) is 35.1 Å². The zero-order valence-corrected chi connectivity index (χ0v) is 15.9. The van der Waals surface area contributed by atoms with Crippen LogP contribution in [0.3, 0.4) is 0 Å². The number of imidazole rings is 1. The van der Waals surface area contributed by atoms with Crippen molar-refractivity contribution in [3.63, 3.8) is 0 Å². The van der Waals surface area contributed by atoms with Crippen LogP contribution in [0, 0.1) is 0 Å². The second kappa shape index (κ2) is 7.25. The number of esters is 1. The normalized spacial score (nSPS) is 14.8. The molecule has 0 spiro atoms. The fourth-order valence-corrected chi connectivity index (χ4v) is 4.51. The zero-order valence-electron chi connectivity index (χ0n) is 14.4. The molecule has 1 fully saturated rings. The molecule has 0 unspecified atom stereocenters. The monoisotopic (exact) mass is 390 g/mol. The Kier molecular flexibility index (Phi) is 4.82. The standard InChI is InChI=1S/C18H19ClN4O2S/c1-25-15(24)8-12-10-26-18-22-16(13-6-7-20-9-14(13)19)17(23(12)18)21-11-4-2-3-5-11/h6-7,9-11,21H,2-5,8H2,1H3. The van der Waals surface area contributed by atoms with Crippen molar-refractivity contribution in [1.82, 2.24) is 14.4 Å². The van der Waals surface area contributed by atoms with E-state index in [9.17, 15) is 4.79 Å². The second-order valence-corrected chi connectivity index (χ2v) is 7.63. The third-order valence-corrected chi connectivity index (χ3v) is 5.89. The van der Waals surface area contributed by atoms with Crippen LogP contribution in [0.2, 0.25) is 5.02 Å². The number of nitrogens with one attached hydrogen (secondary N) is 1. The highest BCUT2D eigenvalue weighted by atomic mass is 35.5. The lowest BCUT2D eigenvalue weighted by molar-refractivity contribution is -0.139. The topological polar surface area (TPSA) is 68.5 Å². The summed E-state index contributed by atoms with van der Waals surface area (Å²) in [5.74, 6) is 0.619. The summed E-state index contributed by atoms with van der Waals surface area (Å²) < 4.78 is 6.86. The van der Waals surface area contributed by atoms with Crippen molar-refractivity contribution in [1.29, 1.82) is 0 Å². The molecule has 1 saturated carbocycles. The summed E-state index contributed by atoms with van der Waals surface area (Å²) in [6.45, 7) is 0. The largest absolute Gasteiger partial charge is 0.469 e. The van der Waals surface area contributed by atoms with Gasteiger partial charge in [-0.25, -0.2) is 4.98 Å². The van der Waals surface area contributed by atoms with Gasteiger partial charge in [0.1, 0.15) is 11.5 Å². The summed E-state index contributed by atoms with van der Waals surface area (Å²) >= 11 is 7.88. The van der Waals surface area contributed by atoms with Gasteiger partial charge in [0.25, 0.3) is 0 Å². The lowest BCUT2D eigenvalue weighted by Gasteiger charge is -2.15. The fraction of sp³-hybridized carbons (Fsp3) is 0.389. The molecule has 0 atom stereocenters. The highest BCUT2D eigenvalue weighted by molar-refractivity contribution is 7.15. The van der Waals surface area contributed by atoms with Crippen LogP contribution < -0.4 is 5.32 Å². The summed E-state index contributed by atoms with van der Waals surface area (Å²) in [6, 6.07) is 2.27. The smallest absolute Gasteiger partial charge is 0.311 e. The van der Waals surface area contributed by atoms with E-state index in [1.165, 1.54) is 31.3 Å². The van der Waals surface area contributed by atoms with Crippen molar-refractivity contribution in [3.8, 4) is 11.3 Å². The highest BCUT2D eigenvalue weighted by Gasteiger charge is 2.24. The van der Waals surface area contributed by atoms with Gasteiger partial charge in [-0.2, -0.15) is 0 Å². The molecule has 1 N–H and O–H groups in total. The van der Waals surface area contributed by atoms with Gasteiger partial charge >= 0.3 is 5.97 Å². The number of nitrogens with zero attached hydrogens (tertiary/aromatic N) is 3. The van der Waals surface area contributed by atoms with E-state index in [2.05, 4.69) is 10.3 Å². The Morgan fingerprint density at radius 1 is 1.46 bits per heavy atom. The van der Waals surface area contributed by atoms with Crippen molar-refractivity contribution < 1.29 is 9.53 Å². The Morgan fingerprint density at radius 2 is 2.27 bits per heavy atom. The molecule has 3 aromatic heterocycles. The van der Waals surface area contributed by atoms with E-state index in [0.717, 1.165) is 40.6 Å². The van der Waals surface area contributed by atoms with Crippen LogP contribution in [0.4, 0.5) is 5.82 Å². The number of fused-ring (bicyclic) bond motifs is 1. The number of carbonyl (C=O) groups is 1. The first-order valence-corrected chi connectivity index (χ1v) is 9.85. The van der Waals surface area contributed by atoms with Crippen LogP contribution in [0.15, 0.2) is 23.8 Å². The third-order valence-electron chi connectivity index (χ3n) is 4.71. The van der Waals surface area contributed by atoms with Gasteiger partial charge in [0.15, 0.2) is 4.96 Å². The second-order valence-electron chi connectivity index (χ2n) is 6.39. The summed E-state index contributed by atoms with van der Waals surface area (Å²) in [5, 5.41) is 6.16. The molecule has 3 aromatic rings. The SMILES string of the molecule is COC(=O)Cc1csc2nc(-c3ccncc3Cl)c(NC3CCCC3)n12. The van der Waals surface area contributed by atoms with E-state index < -0.39 is 0 Å². The molecule has 0 aliphatic heterocycles. The predicted molar refractivity (Wildman–Crippen MR) is 103 cm³/mol. The van der Waals surface area contributed by atoms with Gasteiger partial charge in [0.2, 0.25) is 0 Å². The quantitative estimate of drug-likeness (QED) is 0.662. The van der Waals surface area contributed by atoms with Gasteiger partial charge < -0.3 is 10.1 Å². The fourth-order valence-electron chi connectivity index (χ4n) is 3.41. The Hall–Kier alpha value is -2.12. The number of methoxy groups -OCH3 is 1. The van der Waals surface area contributed by atoms with Crippen molar-refractivity contribution in [3.05, 3.63) is 34.6 Å². The number of carbonyl (C=O) groups excluding carboxylic acids is 1. The third kappa shape index (κ3) is 3.17. The van der Waals surface area contributed by atoms with Crippen LogP contribution in [-0.2, 0) is 16.0 Å². The van der Waals surface area contributed by atoms with Crippen LogP contribution >= 0.6 is 22.9 Å². The maximum atomic E-state index is 11.8. The van der Waals surface area contributed by atoms with E-state index in [4.69, 9.17) is 21.3 Å². The van der Waals surface area contributed by atoms with Crippen molar-refractivity contribution in [2.24, 2.45) is 0 Å². The van der Waals surface area contributed by atoms with Crippen molar-refractivity contribution in [2.75, 3.05) is 12.4 Å². The van der Waals surface area contributed by atoms with E-state index >= 15 is 0 Å². The Bertz CT molecular complexity index is 946. The molecular formula is C18H19ClN4O2S. The molecule has 0 aromatic carbocycles. The number of thiazole rings is 1. The maximum absolute atomic E-state index is 11.8. The van der Waals surface area contributed by atoms with Crippen LogP contribution in [0.1, 0.15) is 31.4 Å². The van der Waals surface area contributed by atoms with Gasteiger partial charge in [-0.1, -0.05) is 24.4 Å². The summed E-state index contributed by atoms with van der Waals surface area (Å²) in [6.07, 6.45) is 8.26. The maximum Gasteiger partial charge on any atom is 0.311 e. The first-order valence-electron chi connectivity index (χ1n) is 8.59. The lowest BCUT2D eigenvalue weighted by atomic mass is 10.2. The molecule has 4 rings (SSSR count). The van der Waals surface area contributed by atoms with Gasteiger partial charge in [-0.05, 0) is 18.9 Å². The van der Waals surface area contributed by atoms with E-state index in [-0.39, 0.29) is 12.4 Å². The van der Waals surface area contributed by atoms with E-state index in [1.54, 1.807) is 12.4 Å². The van der Waals surface area contributed by atoms with E-state index in [0.29, 0.717) is 11.1 Å². The minimum Gasteiger partial charge on any atom is -0.469 e. The first-order chi connectivity index (χ1) is 12.7. The minimum atomic E-state index is -0.270. The number of ether oxygens (including phenoxy) is 1. The molecule has 0 bridgehead atoms. The molecule has 0 amide bonds. The summed E-state index contributed by atoms with van der Waals surface area (Å²) in [5.41, 5.74) is 2.49. The number of anilines is 1. The number of aromatic nitrogens is 3. The Balaban J connectivity index is 1.85. The Morgan fingerprint density at radius 3 is 3.00 bits per heavy atom. The highest BCUT2D eigenvalue weighted by Crippen LogP contribution is 2.37. The van der Waals surface area contributed by atoms with Crippen molar-refractivity contribution >= 4 is 39.7 Å². The zero-order chi connectivity index (χ0) is 18.1. The lowest BCUT2D eigenvalue weighted by Crippen LogP contribution is -2.17. The Labute approximate surface area is 160 Å². The van der Waals surface area contributed by atoms with Crippen LogP contribution in [0.5, 0.6) is 0 Å². The molecule has 8 heteroatoms. The molecule has 0 saturated heterocycles. The van der Waals surface area contributed by atoms with Gasteiger partial charge in [0.05, 0.1) is 18.6 Å². The summed E-state index contributed by atoms with van der Waals surface area (Å²) in [4.78, 5) is 21.5. The summed E-state index contributed by atoms with van der Waals surface area (Å²) in [7, 11) is 1.40. The predicted octanol–water partition coefficient (Wildman–Crippen LogP) is 4.18. The van der Waals surface area contributed by atoms with E-state index in [1.807, 2.05) is 15.8 Å². The average molecular weight is 391 g/mol. The average Bonchev–Trinajstić information content (AvgIpc) is 3.35. The molecule has 136 valence electrons. The molecule has 6 nitrogen and oxygen atoms in total. The first kappa shape index (κ1) is 17.3. The molecular weight excluding hydrogens is 372 g/mol. The van der Waals surface area contributed by atoms with Crippen LogP contribution in [0.25, 0.3) is 16.2 Å². The van der Waals surface area contributed by atoms with Gasteiger partial charge in [-0.3, -0.25) is 14.2 Å². The molecule has 1 aliphatic carbocycles. The molecule has 3 heterocycles.